The summed E-state index contributed by atoms with van der Waals surface area (Å²) in [5.41, 5.74) is 4.75. The molecule has 0 aliphatic rings. The molecule has 7 heteroatoms. The zero-order valence-electron chi connectivity index (χ0n) is 10.7. The first-order chi connectivity index (χ1) is 8.23. The highest BCUT2D eigenvalue weighted by Gasteiger charge is 2.39. The fourth-order valence-electron chi connectivity index (χ4n) is 1.60. The third kappa shape index (κ3) is 3.29. The van der Waals surface area contributed by atoms with E-state index in [9.17, 15) is 14.3 Å². The van der Waals surface area contributed by atoms with E-state index in [1.165, 1.54) is 27.0 Å². The molecule has 0 aliphatic carbocycles. The number of esters is 1. The third-order valence-electron chi connectivity index (χ3n) is 2.91. The summed E-state index contributed by atoms with van der Waals surface area (Å²) in [5.74, 6) is -2.06. The number of carbonyl (C=O) groups excluding carboxylic acids is 1. The van der Waals surface area contributed by atoms with E-state index in [0.717, 1.165) is 6.07 Å². The second-order valence-electron chi connectivity index (χ2n) is 4.48. The molecule has 0 amide bonds. The van der Waals surface area contributed by atoms with E-state index in [-0.39, 0.29) is 23.0 Å². The molecular weight excluding hydrogens is 296 g/mol. The standard InChI is InChI=1S/C12H15ClFNO3.ClH/c1-12(2,11(17)18-3)10(15)8-6(13)4-5-7(14)9(8)16;/h4-5,10,16H,15H2,1-3H3;1H/t10-;/m0./s1. The normalized spacial score (nSPS) is 12.5. The Balaban J connectivity index is 0.00000324. The minimum Gasteiger partial charge on any atom is -0.505 e. The van der Waals surface area contributed by atoms with Gasteiger partial charge in [0.15, 0.2) is 11.6 Å². The number of halogens is 3. The average Bonchev–Trinajstić information content (AvgIpc) is 2.33. The molecule has 4 nitrogen and oxygen atoms in total. The van der Waals surface area contributed by atoms with E-state index < -0.39 is 29.0 Å². The maximum atomic E-state index is 13.3. The summed E-state index contributed by atoms with van der Waals surface area (Å²) in [4.78, 5) is 11.6. The minimum absolute atomic E-state index is 0. The molecule has 0 unspecified atom stereocenters. The Morgan fingerprint density at radius 3 is 2.53 bits per heavy atom. The Hall–Kier alpha value is -1.04. The molecule has 0 radical (unpaired) electrons. The van der Waals surface area contributed by atoms with E-state index >= 15 is 0 Å². The van der Waals surface area contributed by atoms with Crippen molar-refractivity contribution in [2.75, 3.05) is 7.11 Å². The summed E-state index contributed by atoms with van der Waals surface area (Å²) in [7, 11) is 1.23. The van der Waals surface area contributed by atoms with Crippen molar-refractivity contribution in [3.05, 3.63) is 28.5 Å². The molecule has 0 spiro atoms. The molecule has 0 bridgehead atoms. The molecule has 1 rings (SSSR count). The van der Waals surface area contributed by atoms with Crippen molar-refractivity contribution < 1.29 is 19.0 Å². The number of nitrogens with two attached hydrogens (primary N) is 1. The third-order valence-corrected chi connectivity index (χ3v) is 3.24. The first-order valence-electron chi connectivity index (χ1n) is 5.24. The summed E-state index contributed by atoms with van der Waals surface area (Å²) >= 11 is 5.89. The van der Waals surface area contributed by atoms with E-state index in [2.05, 4.69) is 4.74 Å². The highest BCUT2D eigenvalue weighted by Crippen LogP contribution is 2.41. The number of hydrogen-bond acceptors (Lipinski definition) is 4. The Labute approximate surface area is 122 Å². The zero-order valence-corrected chi connectivity index (χ0v) is 12.3. The van der Waals surface area contributed by atoms with Crippen LogP contribution in [0.25, 0.3) is 0 Å². The van der Waals surface area contributed by atoms with Gasteiger partial charge in [-0.15, -0.1) is 12.4 Å². The lowest BCUT2D eigenvalue weighted by Crippen LogP contribution is -2.37. The van der Waals surface area contributed by atoms with Crippen molar-refractivity contribution in [3.8, 4) is 5.75 Å². The van der Waals surface area contributed by atoms with Gasteiger partial charge >= 0.3 is 5.97 Å². The van der Waals surface area contributed by atoms with Crippen molar-refractivity contribution in [1.29, 1.82) is 0 Å². The van der Waals surface area contributed by atoms with Crippen LogP contribution in [0.4, 0.5) is 4.39 Å². The van der Waals surface area contributed by atoms with Gasteiger partial charge in [-0.3, -0.25) is 4.79 Å². The summed E-state index contributed by atoms with van der Waals surface area (Å²) < 4.78 is 17.9. The van der Waals surface area contributed by atoms with Crippen LogP contribution in [0, 0.1) is 11.2 Å². The van der Waals surface area contributed by atoms with Crippen LogP contribution in [0.2, 0.25) is 5.02 Å². The van der Waals surface area contributed by atoms with Crippen LogP contribution >= 0.6 is 24.0 Å². The van der Waals surface area contributed by atoms with Gasteiger partial charge in [0.05, 0.1) is 18.6 Å². The van der Waals surface area contributed by atoms with Crippen LogP contribution < -0.4 is 5.73 Å². The summed E-state index contributed by atoms with van der Waals surface area (Å²) in [5, 5.41) is 9.77. The van der Waals surface area contributed by atoms with Gasteiger partial charge in [-0.05, 0) is 26.0 Å². The van der Waals surface area contributed by atoms with Gasteiger partial charge in [0.25, 0.3) is 0 Å². The van der Waals surface area contributed by atoms with Crippen LogP contribution in [0.3, 0.4) is 0 Å². The van der Waals surface area contributed by atoms with E-state index in [1.54, 1.807) is 0 Å². The Kier molecular flexibility index (Phi) is 6.06. The van der Waals surface area contributed by atoms with Crippen molar-refractivity contribution >= 4 is 30.0 Å². The van der Waals surface area contributed by atoms with Gasteiger partial charge in [0.1, 0.15) is 0 Å². The van der Waals surface area contributed by atoms with Crippen LogP contribution in [-0.2, 0) is 9.53 Å². The smallest absolute Gasteiger partial charge is 0.313 e. The fraction of sp³-hybridized carbons (Fsp3) is 0.417. The maximum absolute atomic E-state index is 13.3. The molecule has 1 atom stereocenters. The maximum Gasteiger partial charge on any atom is 0.313 e. The molecule has 1 aromatic carbocycles. The quantitative estimate of drug-likeness (QED) is 0.842. The van der Waals surface area contributed by atoms with Gasteiger partial charge < -0.3 is 15.6 Å². The van der Waals surface area contributed by atoms with Crippen LogP contribution in [0.5, 0.6) is 5.75 Å². The van der Waals surface area contributed by atoms with Crippen LogP contribution in [0.15, 0.2) is 12.1 Å². The number of hydrogen-bond donors (Lipinski definition) is 2. The van der Waals surface area contributed by atoms with Crippen molar-refractivity contribution in [1.82, 2.24) is 0 Å². The fourth-order valence-corrected chi connectivity index (χ4v) is 1.87. The molecule has 0 fully saturated rings. The average molecular weight is 312 g/mol. The molecule has 108 valence electrons. The molecule has 0 saturated heterocycles. The van der Waals surface area contributed by atoms with Gasteiger partial charge in [-0.2, -0.15) is 0 Å². The number of ether oxygens (including phenoxy) is 1. The Morgan fingerprint density at radius 2 is 2.05 bits per heavy atom. The van der Waals surface area contributed by atoms with Gasteiger partial charge in [0, 0.05) is 10.6 Å². The van der Waals surface area contributed by atoms with E-state index in [4.69, 9.17) is 17.3 Å². The lowest BCUT2D eigenvalue weighted by Gasteiger charge is -2.29. The van der Waals surface area contributed by atoms with Crippen molar-refractivity contribution in [3.63, 3.8) is 0 Å². The first-order valence-corrected chi connectivity index (χ1v) is 5.62. The monoisotopic (exact) mass is 311 g/mol. The number of methoxy groups -OCH3 is 1. The molecule has 0 aromatic heterocycles. The summed E-state index contributed by atoms with van der Waals surface area (Å²) in [6.07, 6.45) is 0. The highest BCUT2D eigenvalue weighted by molar-refractivity contribution is 6.31. The molecule has 0 aliphatic heterocycles. The largest absolute Gasteiger partial charge is 0.505 e. The predicted molar refractivity (Wildman–Crippen MR) is 73.0 cm³/mol. The lowest BCUT2D eigenvalue weighted by atomic mass is 9.80. The number of phenolic OH excluding ortho intramolecular Hbond substituents is 1. The van der Waals surface area contributed by atoms with Crippen molar-refractivity contribution in [2.24, 2.45) is 11.1 Å². The van der Waals surface area contributed by atoms with Crippen molar-refractivity contribution in [2.45, 2.75) is 19.9 Å². The predicted octanol–water partition coefficient (Wildman–Crippen LogP) is 2.81. The van der Waals surface area contributed by atoms with Gasteiger partial charge in [0.2, 0.25) is 0 Å². The number of aromatic hydroxyl groups is 1. The second-order valence-corrected chi connectivity index (χ2v) is 4.89. The van der Waals surface area contributed by atoms with Crippen LogP contribution in [-0.4, -0.2) is 18.2 Å². The van der Waals surface area contributed by atoms with E-state index in [1.807, 2.05) is 0 Å². The number of carbonyl (C=O) groups is 1. The molecule has 3 N–H and O–H groups in total. The molecule has 0 saturated carbocycles. The minimum atomic E-state index is -1.15. The lowest BCUT2D eigenvalue weighted by molar-refractivity contribution is -0.152. The van der Waals surface area contributed by atoms with Crippen LogP contribution in [0.1, 0.15) is 25.5 Å². The molecular formula is C12H16Cl2FNO3. The topological polar surface area (TPSA) is 72.5 Å². The van der Waals surface area contributed by atoms with Gasteiger partial charge in [-0.1, -0.05) is 11.6 Å². The summed E-state index contributed by atoms with van der Waals surface area (Å²) in [6, 6.07) is 1.31. The van der Waals surface area contributed by atoms with Gasteiger partial charge in [-0.25, -0.2) is 4.39 Å². The second kappa shape index (κ2) is 6.41. The Bertz CT molecular complexity index is 480. The first kappa shape index (κ1) is 18.0. The number of phenols is 1. The molecule has 0 heterocycles. The number of rotatable bonds is 3. The number of benzene rings is 1. The SMILES string of the molecule is COC(=O)C(C)(C)[C@@H](N)c1c(Cl)ccc(F)c1O.Cl. The Morgan fingerprint density at radius 1 is 1.53 bits per heavy atom. The molecule has 19 heavy (non-hydrogen) atoms. The zero-order chi connectivity index (χ0) is 14.1. The van der Waals surface area contributed by atoms with E-state index in [0.29, 0.717) is 0 Å². The highest BCUT2D eigenvalue weighted by atomic mass is 35.5. The molecule has 1 aromatic rings. The summed E-state index contributed by atoms with van der Waals surface area (Å²) in [6.45, 7) is 3.06.